The number of carboxylic acids is 2. The lowest BCUT2D eigenvalue weighted by Crippen LogP contribution is -2.44. The monoisotopic (exact) mass is 1030 g/mol. The van der Waals surface area contributed by atoms with Crippen molar-refractivity contribution in [2.24, 2.45) is 5.41 Å². The molecule has 0 aliphatic carbocycles. The van der Waals surface area contributed by atoms with E-state index in [9.17, 15) is 57.0 Å². The molecule has 0 unspecified atom stereocenters. The SMILES string of the molecule is CC(C)(C)C(=O)COCCOCCCC(=O)CC[C@H](NC(=O)CC[C@H](NC(=O)CCCCCNC(=O)CCCS(=O)(=O)CC(=O)CCCCCCCCCCCCCCCc1nn[nH]n1)C(=O)O)C(=O)O. The van der Waals surface area contributed by atoms with Crippen molar-refractivity contribution in [2.75, 3.05) is 44.5 Å². The second-order valence-corrected chi connectivity index (χ2v) is 21.5. The van der Waals surface area contributed by atoms with Gasteiger partial charge in [-0.05, 0) is 51.4 Å². The number of carboxylic acid groups (broad SMARTS) is 2. The molecule has 0 aliphatic rings. The van der Waals surface area contributed by atoms with Crippen LogP contribution in [-0.4, -0.2) is 143 Å². The molecule has 406 valence electrons. The topological polar surface area (TPSA) is 320 Å². The summed E-state index contributed by atoms with van der Waals surface area (Å²) in [6.07, 6.45) is 16.8. The van der Waals surface area contributed by atoms with Gasteiger partial charge < -0.3 is 35.6 Å². The Morgan fingerprint density at radius 3 is 1.66 bits per heavy atom. The molecular weight excluding hydrogens is 943 g/mol. The van der Waals surface area contributed by atoms with Crippen LogP contribution in [0, 0.1) is 5.41 Å². The smallest absolute Gasteiger partial charge is 0.326 e. The first-order valence-corrected chi connectivity index (χ1v) is 27.6. The number of sulfone groups is 1. The van der Waals surface area contributed by atoms with Gasteiger partial charge in [0.1, 0.15) is 36.0 Å². The summed E-state index contributed by atoms with van der Waals surface area (Å²) in [6, 6.07) is -2.77. The molecule has 1 heterocycles. The number of unbranched alkanes of at least 4 members (excludes halogenated alkanes) is 14. The number of amides is 3. The number of hydrogen-bond acceptors (Lipinski definition) is 15. The van der Waals surface area contributed by atoms with Gasteiger partial charge in [0, 0.05) is 63.5 Å². The van der Waals surface area contributed by atoms with E-state index in [0.29, 0.717) is 38.6 Å². The second kappa shape index (κ2) is 38.9. The predicted octanol–water partition coefficient (Wildman–Crippen LogP) is 5.34. The van der Waals surface area contributed by atoms with E-state index in [0.717, 1.165) is 37.9 Å². The average Bonchev–Trinajstić information content (AvgIpc) is 3.82. The van der Waals surface area contributed by atoms with Crippen LogP contribution >= 0.6 is 0 Å². The minimum Gasteiger partial charge on any atom is -0.480 e. The van der Waals surface area contributed by atoms with Crippen LogP contribution < -0.4 is 16.0 Å². The van der Waals surface area contributed by atoms with E-state index in [1.54, 1.807) is 20.8 Å². The van der Waals surface area contributed by atoms with Crippen molar-refractivity contribution >= 4 is 56.8 Å². The molecule has 0 bridgehead atoms. The molecule has 0 saturated carbocycles. The summed E-state index contributed by atoms with van der Waals surface area (Å²) in [4.78, 5) is 97.2. The zero-order valence-electron chi connectivity index (χ0n) is 42.7. The quantitative estimate of drug-likeness (QED) is 0.0449. The van der Waals surface area contributed by atoms with Crippen molar-refractivity contribution < 1.29 is 66.5 Å². The van der Waals surface area contributed by atoms with Gasteiger partial charge in [-0.3, -0.25) is 28.8 Å². The van der Waals surface area contributed by atoms with Gasteiger partial charge in [0.15, 0.2) is 21.4 Å². The Balaban J connectivity index is 2.10. The Morgan fingerprint density at radius 2 is 1.08 bits per heavy atom. The number of ketones is 3. The van der Waals surface area contributed by atoms with Crippen molar-refractivity contribution in [1.29, 1.82) is 0 Å². The maximum atomic E-state index is 12.5. The van der Waals surface area contributed by atoms with Crippen LogP contribution in [-0.2, 0) is 64.1 Å². The van der Waals surface area contributed by atoms with E-state index in [-0.39, 0.29) is 113 Å². The van der Waals surface area contributed by atoms with Crippen LogP contribution in [0.3, 0.4) is 0 Å². The molecule has 1 rings (SSSR count). The summed E-state index contributed by atoms with van der Waals surface area (Å²) in [7, 11) is -3.62. The van der Waals surface area contributed by atoms with Crippen LogP contribution in [0.4, 0.5) is 0 Å². The maximum absolute atomic E-state index is 12.5. The second-order valence-electron chi connectivity index (χ2n) is 19.3. The van der Waals surface area contributed by atoms with Crippen LogP contribution in [0.2, 0.25) is 0 Å². The fourth-order valence-corrected chi connectivity index (χ4v) is 8.67. The highest BCUT2D eigenvalue weighted by Gasteiger charge is 2.25. The molecule has 0 radical (unpaired) electrons. The molecule has 21 nitrogen and oxygen atoms in total. The number of aromatic nitrogens is 4. The molecule has 0 saturated heterocycles. The number of aliphatic carboxylic acids is 2. The fourth-order valence-electron chi connectivity index (χ4n) is 7.31. The Hall–Kier alpha value is -4.70. The highest BCUT2D eigenvalue weighted by atomic mass is 32.2. The number of carbonyl (C=O) groups is 8. The lowest BCUT2D eigenvalue weighted by atomic mass is 9.91. The fraction of sp³-hybridized carbons (Fsp3) is 0.816. The maximum Gasteiger partial charge on any atom is 0.326 e. The molecule has 0 fully saturated rings. The van der Waals surface area contributed by atoms with Crippen molar-refractivity contribution in [3.63, 3.8) is 0 Å². The van der Waals surface area contributed by atoms with Crippen LogP contribution in [0.25, 0.3) is 0 Å². The standard InChI is InChI=1S/C49H85N7O14S/c1-49(2,3)42(59)36-70-34-33-69-32-20-23-38(57)27-28-40(47(63)64)52-46(62)30-29-41(48(65)66)51-45(61)25-18-15-19-31-50-44(60)26-21-35-71(67,68)37-39(58)22-16-13-11-9-7-5-4-6-8-10-12-14-17-24-43-53-55-56-54-43/h40-41H,4-37H2,1-3H3,(H,50,60)(H,51,61)(H,52,62)(H,63,64)(H,65,66)(H,53,54,55,56)/t40-,41-/m0/s1. The van der Waals surface area contributed by atoms with E-state index in [4.69, 9.17) is 9.47 Å². The summed E-state index contributed by atoms with van der Waals surface area (Å²) in [5.74, 6) is -4.88. The summed E-state index contributed by atoms with van der Waals surface area (Å²) < 4.78 is 35.6. The van der Waals surface area contributed by atoms with Gasteiger partial charge in [-0.2, -0.15) is 5.21 Å². The highest BCUT2D eigenvalue weighted by molar-refractivity contribution is 7.92. The van der Waals surface area contributed by atoms with Crippen molar-refractivity contribution in [2.45, 2.75) is 206 Å². The Kier molecular flexibility index (Phi) is 35.2. The Morgan fingerprint density at radius 1 is 0.577 bits per heavy atom. The van der Waals surface area contributed by atoms with Gasteiger partial charge >= 0.3 is 11.9 Å². The summed E-state index contributed by atoms with van der Waals surface area (Å²) in [6.45, 7) is 6.44. The number of nitrogens with zero attached hydrogens (tertiary/aromatic N) is 3. The molecule has 22 heteroatoms. The third-order valence-corrected chi connectivity index (χ3v) is 13.4. The number of tetrazole rings is 1. The van der Waals surface area contributed by atoms with E-state index < -0.39 is 56.8 Å². The number of nitrogens with one attached hydrogen (secondary N) is 4. The third-order valence-electron chi connectivity index (χ3n) is 11.7. The average molecular weight is 1030 g/mol. The summed E-state index contributed by atoms with van der Waals surface area (Å²) in [5.41, 5.74) is -0.488. The minimum atomic E-state index is -3.62. The van der Waals surface area contributed by atoms with Gasteiger partial charge in [0.25, 0.3) is 0 Å². The summed E-state index contributed by atoms with van der Waals surface area (Å²) >= 11 is 0. The van der Waals surface area contributed by atoms with E-state index in [1.807, 2.05) is 0 Å². The normalized spacial score (nSPS) is 12.5. The molecule has 3 amide bonds. The molecule has 71 heavy (non-hydrogen) atoms. The number of ether oxygens (including phenoxy) is 2. The van der Waals surface area contributed by atoms with E-state index in [1.165, 1.54) is 51.4 Å². The van der Waals surface area contributed by atoms with Crippen LogP contribution in [0.15, 0.2) is 0 Å². The minimum absolute atomic E-state index is 0.0101. The first-order valence-electron chi connectivity index (χ1n) is 25.7. The largest absolute Gasteiger partial charge is 0.480 e. The van der Waals surface area contributed by atoms with Gasteiger partial charge in [-0.15, -0.1) is 10.2 Å². The molecule has 1 aromatic heterocycles. The number of rotatable bonds is 47. The number of Topliss-reactive ketones (excluding diaryl/α,β-unsaturated/α-hetero) is 3. The molecule has 0 aromatic carbocycles. The zero-order valence-corrected chi connectivity index (χ0v) is 43.6. The van der Waals surface area contributed by atoms with Crippen LogP contribution in [0.1, 0.15) is 194 Å². The number of aryl methyl sites for hydroxylation is 1. The van der Waals surface area contributed by atoms with Crippen molar-refractivity contribution in [3.8, 4) is 0 Å². The molecule has 1 aromatic rings. The summed E-state index contributed by atoms with van der Waals surface area (Å²) in [5, 5.41) is 40.5. The molecule has 0 aliphatic heterocycles. The molecular formula is C49H85N7O14S. The molecule has 2 atom stereocenters. The Labute approximate surface area is 420 Å². The molecule has 6 N–H and O–H groups in total. The number of carbonyl (C=O) groups excluding carboxylic acids is 6. The van der Waals surface area contributed by atoms with Gasteiger partial charge in [-0.25, -0.2) is 18.0 Å². The Bertz CT molecular complexity index is 1820. The number of H-pyrrole nitrogens is 1. The van der Waals surface area contributed by atoms with Crippen molar-refractivity contribution in [3.05, 3.63) is 5.82 Å². The molecule has 0 spiro atoms. The van der Waals surface area contributed by atoms with E-state index in [2.05, 4.69) is 36.6 Å². The zero-order chi connectivity index (χ0) is 52.8. The third kappa shape index (κ3) is 36.8. The van der Waals surface area contributed by atoms with Gasteiger partial charge in [-0.1, -0.05) is 103 Å². The predicted molar refractivity (Wildman–Crippen MR) is 265 cm³/mol. The number of hydrogen-bond donors (Lipinski definition) is 6. The lowest BCUT2D eigenvalue weighted by molar-refractivity contribution is -0.143. The number of aromatic amines is 1. The first-order chi connectivity index (χ1) is 33.8. The van der Waals surface area contributed by atoms with Gasteiger partial charge in [0.2, 0.25) is 17.7 Å². The highest BCUT2D eigenvalue weighted by Crippen LogP contribution is 2.16. The van der Waals surface area contributed by atoms with E-state index >= 15 is 0 Å². The van der Waals surface area contributed by atoms with Crippen molar-refractivity contribution in [1.82, 2.24) is 36.6 Å². The van der Waals surface area contributed by atoms with Gasteiger partial charge in [0.05, 0.1) is 19.0 Å². The lowest BCUT2D eigenvalue weighted by Gasteiger charge is -2.17. The first kappa shape index (κ1) is 64.3. The van der Waals surface area contributed by atoms with Crippen LogP contribution in [0.5, 0.6) is 0 Å².